The van der Waals surface area contributed by atoms with Crippen LogP contribution in [0, 0.1) is 0 Å². The molecule has 0 saturated heterocycles. The zero-order valence-corrected chi connectivity index (χ0v) is 9.78. The first kappa shape index (κ1) is 12.2. The first-order chi connectivity index (χ1) is 7.00. The second-order valence-corrected chi connectivity index (χ2v) is 5.21. The molecular weight excluding hydrogens is 218 g/mol. The van der Waals surface area contributed by atoms with Crippen LogP contribution in [0.1, 0.15) is 6.92 Å². The normalized spacial score (nSPS) is 14.4. The molecule has 0 fully saturated rings. The summed E-state index contributed by atoms with van der Waals surface area (Å²) in [4.78, 5) is 6.26. The van der Waals surface area contributed by atoms with E-state index in [1.54, 1.807) is 6.92 Å². The highest BCUT2D eigenvalue weighted by Gasteiger charge is 2.26. The van der Waals surface area contributed by atoms with E-state index in [4.69, 9.17) is 4.74 Å². The Balaban J connectivity index is 2.88. The third-order valence-corrected chi connectivity index (χ3v) is 4.06. The van der Waals surface area contributed by atoms with Crippen molar-refractivity contribution in [2.75, 3.05) is 20.8 Å². The molecular formula is C8H15N3O3S. The van der Waals surface area contributed by atoms with Crippen LogP contribution in [0.3, 0.4) is 0 Å². The van der Waals surface area contributed by atoms with Gasteiger partial charge in [-0.25, -0.2) is 13.4 Å². The second kappa shape index (κ2) is 4.73. The highest BCUT2D eigenvalue weighted by atomic mass is 32.2. The monoisotopic (exact) mass is 233 g/mol. The van der Waals surface area contributed by atoms with E-state index in [1.807, 2.05) is 0 Å². The van der Waals surface area contributed by atoms with Crippen LogP contribution in [0.2, 0.25) is 0 Å². The number of imidazole rings is 1. The number of nitrogens with one attached hydrogen (secondary N) is 1. The average Bonchev–Trinajstić information content (AvgIpc) is 2.70. The van der Waals surface area contributed by atoms with Gasteiger partial charge < -0.3 is 9.72 Å². The van der Waals surface area contributed by atoms with Gasteiger partial charge in [-0.15, -0.1) is 0 Å². The molecule has 1 heterocycles. The van der Waals surface area contributed by atoms with E-state index in [-0.39, 0.29) is 11.1 Å². The number of nitrogens with zero attached hydrogens (tertiary/aromatic N) is 2. The highest BCUT2D eigenvalue weighted by Crippen LogP contribution is 2.12. The van der Waals surface area contributed by atoms with Crippen LogP contribution in [0.5, 0.6) is 0 Å². The SMILES string of the molecule is COCC(C)N(C)S(=O)(=O)c1cnc[nH]1. The van der Waals surface area contributed by atoms with E-state index in [9.17, 15) is 8.42 Å². The zero-order chi connectivity index (χ0) is 11.5. The molecule has 0 aliphatic rings. The van der Waals surface area contributed by atoms with E-state index in [0.29, 0.717) is 6.61 Å². The van der Waals surface area contributed by atoms with Crippen molar-refractivity contribution in [3.63, 3.8) is 0 Å². The molecule has 0 aliphatic carbocycles. The van der Waals surface area contributed by atoms with Crippen molar-refractivity contribution in [3.8, 4) is 0 Å². The van der Waals surface area contributed by atoms with Crippen LogP contribution < -0.4 is 0 Å². The van der Waals surface area contributed by atoms with Crippen molar-refractivity contribution >= 4 is 10.0 Å². The predicted molar refractivity (Wildman–Crippen MR) is 54.9 cm³/mol. The van der Waals surface area contributed by atoms with Crippen molar-refractivity contribution in [2.45, 2.75) is 18.0 Å². The third kappa shape index (κ3) is 2.55. The molecule has 1 atom stereocenters. The van der Waals surface area contributed by atoms with Crippen molar-refractivity contribution in [2.24, 2.45) is 0 Å². The summed E-state index contributed by atoms with van der Waals surface area (Å²) in [6.07, 6.45) is 2.62. The molecule has 0 saturated carbocycles. The van der Waals surface area contributed by atoms with Crippen molar-refractivity contribution in [3.05, 3.63) is 12.5 Å². The fourth-order valence-corrected chi connectivity index (χ4v) is 2.36. The number of H-pyrrole nitrogens is 1. The number of sulfonamides is 1. The molecule has 0 bridgehead atoms. The van der Waals surface area contributed by atoms with Gasteiger partial charge in [0.2, 0.25) is 0 Å². The van der Waals surface area contributed by atoms with Gasteiger partial charge >= 0.3 is 0 Å². The number of hydrogen-bond acceptors (Lipinski definition) is 4. The van der Waals surface area contributed by atoms with E-state index in [0.717, 1.165) is 0 Å². The van der Waals surface area contributed by atoms with Crippen molar-refractivity contribution in [1.29, 1.82) is 0 Å². The van der Waals surface area contributed by atoms with Crippen LogP contribution in [0.15, 0.2) is 17.6 Å². The molecule has 86 valence electrons. The lowest BCUT2D eigenvalue weighted by Crippen LogP contribution is -2.37. The lowest BCUT2D eigenvalue weighted by Gasteiger charge is -2.22. The quantitative estimate of drug-likeness (QED) is 0.780. The smallest absolute Gasteiger partial charge is 0.260 e. The van der Waals surface area contributed by atoms with Gasteiger partial charge in [-0.2, -0.15) is 4.31 Å². The molecule has 1 unspecified atom stereocenters. The molecule has 1 aromatic heterocycles. The Bertz CT molecular complexity index is 387. The molecule has 6 nitrogen and oxygen atoms in total. The number of likely N-dealkylation sites (N-methyl/N-ethyl adjacent to an activating group) is 1. The van der Waals surface area contributed by atoms with E-state index < -0.39 is 10.0 Å². The Morgan fingerprint density at radius 3 is 2.80 bits per heavy atom. The number of hydrogen-bond donors (Lipinski definition) is 1. The lowest BCUT2D eigenvalue weighted by molar-refractivity contribution is 0.149. The Morgan fingerprint density at radius 1 is 1.67 bits per heavy atom. The molecule has 1 rings (SSSR count). The molecule has 1 N–H and O–H groups in total. The minimum absolute atomic E-state index is 0.0907. The van der Waals surface area contributed by atoms with E-state index in [2.05, 4.69) is 9.97 Å². The number of rotatable bonds is 5. The van der Waals surface area contributed by atoms with Gasteiger partial charge in [0, 0.05) is 20.2 Å². The highest BCUT2D eigenvalue weighted by molar-refractivity contribution is 7.89. The maximum atomic E-state index is 11.9. The van der Waals surface area contributed by atoms with Crippen LogP contribution in [0.25, 0.3) is 0 Å². The molecule has 0 spiro atoms. The van der Waals surface area contributed by atoms with Gasteiger partial charge in [-0.3, -0.25) is 0 Å². The number of ether oxygens (including phenoxy) is 1. The number of aromatic amines is 1. The Hall–Kier alpha value is -0.920. The van der Waals surface area contributed by atoms with E-state index >= 15 is 0 Å². The van der Waals surface area contributed by atoms with Crippen LogP contribution in [0.4, 0.5) is 0 Å². The minimum atomic E-state index is -3.48. The van der Waals surface area contributed by atoms with Gasteiger partial charge in [0.05, 0.1) is 19.1 Å². The van der Waals surface area contributed by atoms with Crippen LogP contribution in [-0.4, -0.2) is 49.5 Å². The predicted octanol–water partition coefficient (Wildman–Crippen LogP) is 0.0651. The molecule has 0 aromatic carbocycles. The van der Waals surface area contributed by atoms with Gasteiger partial charge in [0.1, 0.15) is 0 Å². The molecule has 15 heavy (non-hydrogen) atoms. The first-order valence-electron chi connectivity index (χ1n) is 4.45. The summed E-state index contributed by atoms with van der Waals surface area (Å²) in [5.74, 6) is 0. The molecule has 1 aromatic rings. The average molecular weight is 233 g/mol. The minimum Gasteiger partial charge on any atom is -0.383 e. The number of methoxy groups -OCH3 is 1. The number of aromatic nitrogens is 2. The van der Waals surface area contributed by atoms with Gasteiger partial charge in [-0.1, -0.05) is 0 Å². The Morgan fingerprint density at radius 2 is 2.33 bits per heavy atom. The van der Waals surface area contributed by atoms with Gasteiger partial charge in [0.15, 0.2) is 5.03 Å². The maximum absolute atomic E-state index is 11.9. The molecule has 7 heteroatoms. The first-order valence-corrected chi connectivity index (χ1v) is 5.89. The van der Waals surface area contributed by atoms with Crippen LogP contribution >= 0.6 is 0 Å². The summed E-state index contributed by atoms with van der Waals surface area (Å²) in [6.45, 7) is 2.13. The summed E-state index contributed by atoms with van der Waals surface area (Å²) in [5, 5.41) is 0.0907. The molecule has 0 aliphatic heterocycles. The third-order valence-electron chi connectivity index (χ3n) is 2.16. The second-order valence-electron chi connectivity index (χ2n) is 3.24. The zero-order valence-electron chi connectivity index (χ0n) is 8.97. The topological polar surface area (TPSA) is 75.3 Å². The summed E-state index contributed by atoms with van der Waals surface area (Å²) < 4.78 is 30.0. The van der Waals surface area contributed by atoms with Gasteiger partial charge in [-0.05, 0) is 6.92 Å². The molecule has 0 amide bonds. The standard InChI is InChI=1S/C8H15N3O3S/c1-7(5-14-3)11(2)15(12,13)8-4-9-6-10-8/h4,6-7H,5H2,1-3H3,(H,9,10). The van der Waals surface area contributed by atoms with Crippen molar-refractivity contribution in [1.82, 2.24) is 14.3 Å². The Labute approximate surface area is 89.3 Å². The summed E-state index contributed by atoms with van der Waals surface area (Å²) in [7, 11) is -0.433. The lowest BCUT2D eigenvalue weighted by atomic mass is 10.4. The summed E-state index contributed by atoms with van der Waals surface area (Å²) in [6, 6.07) is -0.219. The van der Waals surface area contributed by atoms with E-state index in [1.165, 1.54) is 31.0 Å². The fraction of sp³-hybridized carbons (Fsp3) is 0.625. The maximum Gasteiger partial charge on any atom is 0.260 e. The fourth-order valence-electron chi connectivity index (χ4n) is 1.12. The largest absolute Gasteiger partial charge is 0.383 e. The summed E-state index contributed by atoms with van der Waals surface area (Å²) >= 11 is 0. The Kier molecular flexibility index (Phi) is 3.83. The van der Waals surface area contributed by atoms with Crippen molar-refractivity contribution < 1.29 is 13.2 Å². The van der Waals surface area contributed by atoms with Crippen LogP contribution in [-0.2, 0) is 14.8 Å². The summed E-state index contributed by atoms with van der Waals surface area (Å²) in [5.41, 5.74) is 0. The molecule has 0 radical (unpaired) electrons. The van der Waals surface area contributed by atoms with Gasteiger partial charge in [0.25, 0.3) is 10.0 Å².